The maximum Gasteiger partial charge on any atom is 0.125 e. The Bertz CT molecular complexity index is 367. The quantitative estimate of drug-likeness (QED) is 0.703. The molecule has 0 amide bonds. The van der Waals surface area contributed by atoms with Gasteiger partial charge in [-0.2, -0.15) is 0 Å². The summed E-state index contributed by atoms with van der Waals surface area (Å²) < 4.78 is 10.9. The minimum absolute atomic E-state index is 0.130. The molecule has 4 heteroatoms. The lowest BCUT2D eigenvalue weighted by Gasteiger charge is -2.28. The summed E-state index contributed by atoms with van der Waals surface area (Å²) in [5, 5.41) is 10.5. The highest BCUT2D eigenvalue weighted by atomic mass is 16.5. The first kappa shape index (κ1) is 16.1. The van der Waals surface area contributed by atoms with Crippen molar-refractivity contribution < 1.29 is 14.6 Å². The molecule has 0 saturated carbocycles. The number of nitrogens with two attached hydrogens (primary N) is 1. The smallest absolute Gasteiger partial charge is 0.125 e. The van der Waals surface area contributed by atoms with Gasteiger partial charge in [0.2, 0.25) is 0 Å². The zero-order chi connectivity index (χ0) is 14.4. The molecule has 0 aliphatic heterocycles. The molecular weight excluding hydrogens is 242 g/mol. The molecule has 4 nitrogen and oxygen atoms in total. The van der Waals surface area contributed by atoms with Crippen molar-refractivity contribution in [3.8, 4) is 0 Å². The van der Waals surface area contributed by atoms with Crippen LogP contribution in [0.4, 0.5) is 0 Å². The van der Waals surface area contributed by atoms with Crippen LogP contribution in [0.1, 0.15) is 25.8 Å². The van der Waals surface area contributed by atoms with E-state index in [9.17, 15) is 5.11 Å². The molecule has 19 heavy (non-hydrogen) atoms. The highest BCUT2D eigenvalue weighted by Gasteiger charge is 2.28. The minimum atomic E-state index is -1.13. The van der Waals surface area contributed by atoms with Gasteiger partial charge in [-0.15, -0.1) is 0 Å². The van der Waals surface area contributed by atoms with E-state index in [0.717, 1.165) is 12.0 Å². The van der Waals surface area contributed by atoms with Gasteiger partial charge in [-0.05, 0) is 25.8 Å². The van der Waals surface area contributed by atoms with Gasteiger partial charge in [0.05, 0.1) is 12.2 Å². The van der Waals surface area contributed by atoms with E-state index >= 15 is 0 Å². The summed E-state index contributed by atoms with van der Waals surface area (Å²) in [6.45, 7) is 4.85. The number of methoxy groups -OCH3 is 1. The molecule has 1 aromatic rings. The fourth-order valence-electron chi connectivity index (χ4n) is 1.67. The number of hydrogen-bond donors (Lipinski definition) is 2. The van der Waals surface area contributed by atoms with Crippen LogP contribution in [0.5, 0.6) is 0 Å². The third-order valence-electron chi connectivity index (χ3n) is 3.39. The van der Waals surface area contributed by atoms with Gasteiger partial charge < -0.3 is 20.3 Å². The number of rotatable bonds is 8. The van der Waals surface area contributed by atoms with Gasteiger partial charge in [-0.25, -0.2) is 0 Å². The van der Waals surface area contributed by atoms with Crippen molar-refractivity contribution >= 4 is 0 Å². The molecule has 108 valence electrons. The largest absolute Gasteiger partial charge is 0.381 e. The maximum absolute atomic E-state index is 10.5. The normalized spacial score (nSPS) is 15.2. The third-order valence-corrected chi connectivity index (χ3v) is 3.39. The topological polar surface area (TPSA) is 64.7 Å². The molecule has 1 rings (SSSR count). The SMILES string of the molecule is COC(C)(C)CCOCC(O)(CN)c1ccccc1. The van der Waals surface area contributed by atoms with E-state index in [4.69, 9.17) is 15.2 Å². The van der Waals surface area contributed by atoms with Gasteiger partial charge >= 0.3 is 0 Å². The predicted octanol–water partition coefficient (Wildman–Crippen LogP) is 1.66. The summed E-state index contributed by atoms with van der Waals surface area (Å²) >= 11 is 0. The molecular formula is C15H25NO3. The van der Waals surface area contributed by atoms with Gasteiger partial charge in [-0.3, -0.25) is 0 Å². The third kappa shape index (κ3) is 4.91. The Hall–Kier alpha value is -0.940. The van der Waals surface area contributed by atoms with E-state index in [2.05, 4.69) is 0 Å². The van der Waals surface area contributed by atoms with E-state index in [1.54, 1.807) is 7.11 Å². The van der Waals surface area contributed by atoms with E-state index in [0.29, 0.717) is 6.61 Å². The Kier molecular flexibility index (Phi) is 5.94. The van der Waals surface area contributed by atoms with Gasteiger partial charge in [0, 0.05) is 20.3 Å². The standard InChI is InChI=1S/C15H25NO3/c1-14(2,18-3)9-10-19-12-15(17,11-16)13-7-5-4-6-8-13/h4-8,17H,9-12,16H2,1-3H3. The van der Waals surface area contributed by atoms with Crippen molar-refractivity contribution in [1.29, 1.82) is 0 Å². The van der Waals surface area contributed by atoms with E-state index in [1.165, 1.54) is 0 Å². The average molecular weight is 267 g/mol. The van der Waals surface area contributed by atoms with Crippen LogP contribution >= 0.6 is 0 Å². The molecule has 0 aliphatic carbocycles. The molecule has 0 bridgehead atoms. The second-order valence-corrected chi connectivity index (χ2v) is 5.37. The van der Waals surface area contributed by atoms with Gasteiger partial charge in [-0.1, -0.05) is 30.3 Å². The zero-order valence-electron chi connectivity index (χ0n) is 12.1. The predicted molar refractivity (Wildman–Crippen MR) is 75.9 cm³/mol. The van der Waals surface area contributed by atoms with Crippen LogP contribution in [-0.2, 0) is 15.1 Å². The first-order chi connectivity index (χ1) is 8.93. The van der Waals surface area contributed by atoms with Crippen LogP contribution in [0, 0.1) is 0 Å². The summed E-state index contributed by atoms with van der Waals surface area (Å²) in [6.07, 6.45) is 0.763. The lowest BCUT2D eigenvalue weighted by Crippen LogP contribution is -2.40. The molecule has 1 unspecified atom stereocenters. The van der Waals surface area contributed by atoms with E-state index in [-0.39, 0.29) is 18.8 Å². The summed E-state index contributed by atoms with van der Waals surface area (Å²) in [6, 6.07) is 9.38. The fourth-order valence-corrected chi connectivity index (χ4v) is 1.67. The first-order valence-electron chi connectivity index (χ1n) is 6.54. The Balaban J connectivity index is 2.50. The van der Waals surface area contributed by atoms with Crippen molar-refractivity contribution in [2.75, 3.05) is 26.9 Å². The van der Waals surface area contributed by atoms with E-state index in [1.807, 2.05) is 44.2 Å². The van der Waals surface area contributed by atoms with Gasteiger partial charge in [0.15, 0.2) is 0 Å². The number of ether oxygens (including phenoxy) is 2. The van der Waals surface area contributed by atoms with Crippen LogP contribution in [0.2, 0.25) is 0 Å². The van der Waals surface area contributed by atoms with Gasteiger partial charge in [0.25, 0.3) is 0 Å². The molecule has 1 atom stereocenters. The lowest BCUT2D eigenvalue weighted by atomic mass is 9.95. The highest BCUT2D eigenvalue weighted by molar-refractivity contribution is 5.22. The molecule has 0 fully saturated rings. The maximum atomic E-state index is 10.5. The van der Waals surface area contributed by atoms with Crippen molar-refractivity contribution in [2.45, 2.75) is 31.5 Å². The van der Waals surface area contributed by atoms with Crippen LogP contribution in [0.3, 0.4) is 0 Å². The number of aliphatic hydroxyl groups is 1. The van der Waals surface area contributed by atoms with Crippen molar-refractivity contribution in [3.63, 3.8) is 0 Å². The summed E-state index contributed by atoms with van der Waals surface area (Å²) in [7, 11) is 1.68. The summed E-state index contributed by atoms with van der Waals surface area (Å²) in [5.74, 6) is 0. The highest BCUT2D eigenvalue weighted by Crippen LogP contribution is 2.21. The fraction of sp³-hybridized carbons (Fsp3) is 0.600. The Morgan fingerprint density at radius 1 is 1.21 bits per heavy atom. The van der Waals surface area contributed by atoms with Crippen molar-refractivity contribution in [1.82, 2.24) is 0 Å². The minimum Gasteiger partial charge on any atom is -0.381 e. The molecule has 0 saturated heterocycles. The Morgan fingerprint density at radius 2 is 1.84 bits per heavy atom. The molecule has 0 spiro atoms. The number of benzene rings is 1. The zero-order valence-corrected chi connectivity index (χ0v) is 12.1. The van der Waals surface area contributed by atoms with Gasteiger partial charge in [0.1, 0.15) is 5.60 Å². The first-order valence-corrected chi connectivity index (χ1v) is 6.54. The van der Waals surface area contributed by atoms with Crippen LogP contribution in [0.25, 0.3) is 0 Å². The monoisotopic (exact) mass is 267 g/mol. The Labute approximate surface area is 115 Å². The van der Waals surface area contributed by atoms with Crippen molar-refractivity contribution in [2.24, 2.45) is 5.73 Å². The molecule has 0 heterocycles. The lowest BCUT2D eigenvalue weighted by molar-refractivity contribution is -0.0633. The Morgan fingerprint density at radius 3 is 2.37 bits per heavy atom. The second-order valence-electron chi connectivity index (χ2n) is 5.37. The molecule has 1 aromatic carbocycles. The molecule has 0 aliphatic rings. The van der Waals surface area contributed by atoms with E-state index < -0.39 is 5.60 Å². The summed E-state index contributed by atoms with van der Waals surface area (Å²) in [4.78, 5) is 0. The number of hydrogen-bond acceptors (Lipinski definition) is 4. The molecule has 0 aromatic heterocycles. The van der Waals surface area contributed by atoms with Crippen LogP contribution in [0.15, 0.2) is 30.3 Å². The molecule has 0 radical (unpaired) electrons. The second kappa shape index (κ2) is 7.01. The summed E-state index contributed by atoms with van der Waals surface area (Å²) in [5.41, 5.74) is 5.12. The van der Waals surface area contributed by atoms with Crippen LogP contribution in [-0.4, -0.2) is 37.6 Å². The van der Waals surface area contributed by atoms with Crippen molar-refractivity contribution in [3.05, 3.63) is 35.9 Å². The van der Waals surface area contributed by atoms with Crippen LogP contribution < -0.4 is 5.73 Å². The average Bonchev–Trinajstić information content (AvgIpc) is 2.44. The molecule has 3 N–H and O–H groups in total.